The number of pyridine rings is 1. The predicted octanol–water partition coefficient (Wildman–Crippen LogP) is 10.7. The lowest BCUT2D eigenvalue weighted by Crippen LogP contribution is -2.23. The molecule has 49 heavy (non-hydrogen) atoms. The Balaban J connectivity index is 1.13. The molecule has 232 valence electrons. The van der Waals surface area contributed by atoms with E-state index in [4.69, 9.17) is 13.8 Å². The number of rotatable bonds is 3. The Morgan fingerprint density at radius 2 is 1.20 bits per heavy atom. The van der Waals surface area contributed by atoms with Gasteiger partial charge in [-0.1, -0.05) is 72.8 Å². The Hall–Kier alpha value is -6.53. The summed E-state index contributed by atoms with van der Waals surface area (Å²) >= 11 is 0. The second-order valence-electron chi connectivity index (χ2n) is 12.7. The van der Waals surface area contributed by atoms with Crippen LogP contribution in [0.2, 0.25) is 0 Å². The summed E-state index contributed by atoms with van der Waals surface area (Å²) < 4.78 is 35.6. The molecule has 0 saturated carbocycles. The highest BCUT2D eigenvalue weighted by Gasteiger charge is 2.24. The number of hydrogen-bond donors (Lipinski definition) is 0. The monoisotopic (exact) mass is 634 g/mol. The molecular weight excluding hydrogens is 603 g/mol. The van der Waals surface area contributed by atoms with Gasteiger partial charge < -0.3 is 18.9 Å². The Morgan fingerprint density at radius 1 is 0.551 bits per heavy atom. The molecule has 11 rings (SSSR count). The lowest BCUT2D eigenvalue weighted by atomic mass is 10.0. The molecule has 4 aromatic heterocycles. The fraction of sp³-hybridized carbons (Fsp3) is 0.0465. The van der Waals surface area contributed by atoms with Gasteiger partial charge in [-0.05, 0) is 54.6 Å². The van der Waals surface area contributed by atoms with Crippen LogP contribution < -0.4 is 14.5 Å². The van der Waals surface area contributed by atoms with Crippen LogP contribution in [0.4, 0.5) is 17.1 Å². The van der Waals surface area contributed by atoms with E-state index in [0.29, 0.717) is 17.2 Å². The van der Waals surface area contributed by atoms with Crippen LogP contribution in [-0.4, -0.2) is 27.4 Å². The van der Waals surface area contributed by atoms with Gasteiger partial charge in [-0.25, -0.2) is 4.98 Å². The summed E-state index contributed by atoms with van der Waals surface area (Å²) in [7, 11) is 0. The van der Waals surface area contributed by atoms with E-state index in [-0.39, 0.29) is 6.67 Å². The van der Waals surface area contributed by atoms with Gasteiger partial charge in [0.15, 0.2) is 5.65 Å². The van der Waals surface area contributed by atoms with Crippen LogP contribution in [0.1, 0.15) is 4.11 Å². The smallest absolute Gasteiger partial charge is 0.162 e. The Bertz CT molecular complexity index is 3110. The zero-order chi connectivity index (χ0) is 34.7. The molecule has 6 heteroatoms. The molecule has 0 radical (unpaired) electrons. The van der Waals surface area contributed by atoms with Gasteiger partial charge >= 0.3 is 0 Å². The molecule has 0 atom stereocenters. The number of para-hydroxylation sites is 5. The highest BCUT2D eigenvalue weighted by Crippen LogP contribution is 2.43. The van der Waals surface area contributed by atoms with Crippen molar-refractivity contribution in [2.75, 3.05) is 23.4 Å². The SMILES string of the molecule is [2H]C([2H])([2H])N1CN(c2cccc(Oc3ccc4c5cccc6c7cccc8c9ccccc9n(c9cccnc9n(c4c3)c56)c87)c2)c2ccccc21. The number of hydrogen-bond acceptors (Lipinski definition) is 4. The van der Waals surface area contributed by atoms with E-state index >= 15 is 0 Å². The molecule has 0 spiro atoms. The maximum absolute atomic E-state index is 8.12. The summed E-state index contributed by atoms with van der Waals surface area (Å²) in [6.45, 7) is -2.05. The number of fused-ring (bicyclic) bond motifs is 11. The second-order valence-corrected chi connectivity index (χ2v) is 12.7. The van der Waals surface area contributed by atoms with Crippen molar-refractivity contribution in [3.05, 3.63) is 146 Å². The molecule has 0 unspecified atom stereocenters. The van der Waals surface area contributed by atoms with Gasteiger partial charge in [-0.3, -0.25) is 4.40 Å². The van der Waals surface area contributed by atoms with Gasteiger partial charge in [0, 0.05) is 67.4 Å². The van der Waals surface area contributed by atoms with Crippen LogP contribution in [-0.2, 0) is 0 Å². The van der Waals surface area contributed by atoms with E-state index in [9.17, 15) is 0 Å². The van der Waals surface area contributed by atoms with Crippen LogP contribution in [0.3, 0.4) is 0 Å². The number of nitrogens with zero attached hydrogens (tertiary/aromatic N) is 5. The number of ether oxygens (including phenoxy) is 1. The van der Waals surface area contributed by atoms with Crippen LogP contribution in [0, 0.1) is 0 Å². The molecule has 6 aromatic carbocycles. The molecule has 0 bridgehead atoms. The Morgan fingerprint density at radius 3 is 2.04 bits per heavy atom. The van der Waals surface area contributed by atoms with E-state index < -0.39 is 6.98 Å². The van der Waals surface area contributed by atoms with Gasteiger partial charge in [0.2, 0.25) is 0 Å². The molecular formula is C43H29N5O. The summed E-state index contributed by atoms with van der Waals surface area (Å²) in [4.78, 5) is 8.54. The lowest BCUT2D eigenvalue weighted by molar-refractivity contribution is 0.483. The molecule has 0 amide bonds. The number of anilines is 3. The highest BCUT2D eigenvalue weighted by molar-refractivity contribution is 6.25. The first-order chi connectivity index (χ1) is 25.4. The van der Waals surface area contributed by atoms with E-state index in [1.807, 2.05) is 71.8 Å². The average Bonchev–Trinajstić information content (AvgIpc) is 3.83. The maximum Gasteiger partial charge on any atom is 0.162 e. The zero-order valence-corrected chi connectivity index (χ0v) is 26.2. The molecule has 1 aliphatic heterocycles. The van der Waals surface area contributed by atoms with E-state index in [2.05, 4.69) is 87.7 Å². The van der Waals surface area contributed by atoms with Crippen molar-refractivity contribution in [1.29, 1.82) is 0 Å². The third-order valence-corrected chi connectivity index (χ3v) is 10.1. The van der Waals surface area contributed by atoms with Crippen LogP contribution in [0.25, 0.3) is 65.5 Å². The molecule has 0 aliphatic carbocycles. The minimum atomic E-state index is -2.26. The van der Waals surface area contributed by atoms with Crippen molar-refractivity contribution in [3.8, 4) is 11.5 Å². The molecule has 6 nitrogen and oxygen atoms in total. The van der Waals surface area contributed by atoms with Gasteiger partial charge in [0.05, 0.1) is 45.6 Å². The summed E-state index contributed by atoms with van der Waals surface area (Å²) in [6.07, 6.45) is 1.87. The van der Waals surface area contributed by atoms with Gasteiger partial charge in [-0.15, -0.1) is 0 Å². The molecule has 0 fully saturated rings. The average molecular weight is 635 g/mol. The lowest BCUT2D eigenvalue weighted by Gasteiger charge is -2.20. The van der Waals surface area contributed by atoms with Gasteiger partial charge in [0.1, 0.15) is 11.5 Å². The Kier molecular flexibility index (Phi) is 4.72. The summed E-state index contributed by atoms with van der Waals surface area (Å²) in [5.41, 5.74) is 8.64. The van der Waals surface area contributed by atoms with Crippen LogP contribution >= 0.6 is 0 Å². The molecule has 1 aliphatic rings. The molecule has 0 saturated heterocycles. The van der Waals surface area contributed by atoms with Crippen molar-refractivity contribution in [1.82, 2.24) is 13.8 Å². The van der Waals surface area contributed by atoms with Crippen molar-refractivity contribution in [3.63, 3.8) is 0 Å². The first-order valence-electron chi connectivity index (χ1n) is 17.9. The predicted molar refractivity (Wildman–Crippen MR) is 202 cm³/mol. The van der Waals surface area contributed by atoms with Gasteiger partial charge in [-0.2, -0.15) is 0 Å². The minimum absolute atomic E-state index is 0.215. The van der Waals surface area contributed by atoms with Crippen molar-refractivity contribution < 1.29 is 8.85 Å². The van der Waals surface area contributed by atoms with Crippen molar-refractivity contribution in [2.45, 2.75) is 0 Å². The third-order valence-electron chi connectivity index (χ3n) is 10.1. The summed E-state index contributed by atoms with van der Waals surface area (Å²) in [5.74, 6) is 1.34. The number of benzene rings is 6. The first kappa shape index (κ1) is 23.7. The molecule has 5 heterocycles. The van der Waals surface area contributed by atoms with Crippen LogP contribution in [0.15, 0.2) is 146 Å². The standard InChI is InChI=1S/C43H29N5O/c1-45-26-46(38-19-5-4-18-37(38)45)27-10-6-11-28(24-27)49-29-21-22-31-33-14-8-16-35-34-15-7-13-32-30-12-2-3-17-36(30)47(41(32)34)39-20-9-23-44-43(39)48(42(33)35)40(31)25-29/h2-25H,26H2,1H3/i1D3. The third kappa shape index (κ3) is 3.63. The van der Waals surface area contributed by atoms with Crippen molar-refractivity contribution in [2.24, 2.45) is 0 Å². The normalized spacial score (nSPS) is 14.4. The minimum Gasteiger partial charge on any atom is -0.457 e. The van der Waals surface area contributed by atoms with Crippen LogP contribution in [0.5, 0.6) is 11.5 Å². The van der Waals surface area contributed by atoms with E-state index in [1.54, 1.807) is 0 Å². The van der Waals surface area contributed by atoms with Crippen molar-refractivity contribution >= 4 is 82.6 Å². The zero-order valence-electron chi connectivity index (χ0n) is 29.2. The number of aromatic nitrogens is 3. The fourth-order valence-corrected chi connectivity index (χ4v) is 8.05. The summed E-state index contributed by atoms with van der Waals surface area (Å²) in [5, 5.41) is 6.99. The topological polar surface area (TPSA) is 37.4 Å². The first-order valence-corrected chi connectivity index (χ1v) is 16.4. The molecule has 0 N–H and O–H groups in total. The summed E-state index contributed by atoms with van der Waals surface area (Å²) in [6, 6.07) is 47.6. The highest BCUT2D eigenvalue weighted by atomic mass is 16.5. The van der Waals surface area contributed by atoms with E-state index in [1.165, 1.54) is 26.6 Å². The quantitative estimate of drug-likeness (QED) is 0.194. The van der Waals surface area contributed by atoms with Gasteiger partial charge in [0.25, 0.3) is 0 Å². The Labute approximate surface area is 285 Å². The second kappa shape index (κ2) is 9.75. The molecule has 10 aromatic rings. The maximum atomic E-state index is 8.12. The fourth-order valence-electron chi connectivity index (χ4n) is 8.05. The van der Waals surface area contributed by atoms with E-state index in [0.717, 1.165) is 55.2 Å². The largest absolute Gasteiger partial charge is 0.457 e.